The van der Waals surface area contributed by atoms with Crippen molar-refractivity contribution in [3.05, 3.63) is 0 Å². The third-order valence-electron chi connectivity index (χ3n) is 0.351. The fourth-order valence-corrected chi connectivity index (χ4v) is 0.456. The van der Waals surface area contributed by atoms with Crippen LogP contribution in [0.3, 0.4) is 0 Å². The molecular formula is C3H8N2OS. The van der Waals surface area contributed by atoms with Gasteiger partial charge in [-0.25, -0.2) is 0 Å². The summed E-state index contributed by atoms with van der Waals surface area (Å²) in [5.74, 6) is 0.777. The van der Waals surface area contributed by atoms with Gasteiger partial charge in [-0.15, -0.1) is 0 Å². The van der Waals surface area contributed by atoms with Crippen molar-refractivity contribution in [3.8, 4) is 0 Å². The number of nitrogens with two attached hydrogens (primary N) is 1. The Labute approximate surface area is 46.8 Å². The Morgan fingerprint density at radius 2 is 2.57 bits per heavy atom. The minimum atomic E-state index is 0.603. The first-order valence-corrected chi connectivity index (χ1v) is 2.91. The minimum Gasteiger partial charge on any atom is -0.330 e. The molecule has 0 unspecified atom stereocenters. The van der Waals surface area contributed by atoms with E-state index >= 15 is 0 Å². The standard InChI is InChI=1S/C3H8N2OS/c4-1-2-7-5-3-6/h3H,1-2,4H2,(H,5,6). The molecule has 3 nitrogen and oxygen atoms in total. The van der Waals surface area contributed by atoms with Crippen molar-refractivity contribution in [2.24, 2.45) is 5.73 Å². The number of hydrogen-bond acceptors (Lipinski definition) is 3. The van der Waals surface area contributed by atoms with Crippen molar-refractivity contribution in [2.75, 3.05) is 12.3 Å². The lowest BCUT2D eigenvalue weighted by molar-refractivity contribution is -0.107. The maximum absolute atomic E-state index is 9.51. The predicted molar refractivity (Wildman–Crippen MR) is 30.7 cm³/mol. The highest BCUT2D eigenvalue weighted by atomic mass is 32.2. The third kappa shape index (κ3) is 5.78. The molecule has 0 aromatic rings. The van der Waals surface area contributed by atoms with Gasteiger partial charge in [-0.1, -0.05) is 0 Å². The zero-order valence-electron chi connectivity index (χ0n) is 3.89. The molecule has 0 aliphatic heterocycles. The summed E-state index contributed by atoms with van der Waals surface area (Å²) < 4.78 is 2.41. The van der Waals surface area contributed by atoms with Crippen LogP contribution in [0, 0.1) is 0 Å². The van der Waals surface area contributed by atoms with E-state index in [9.17, 15) is 4.79 Å². The van der Waals surface area contributed by atoms with Crippen molar-refractivity contribution in [1.29, 1.82) is 0 Å². The van der Waals surface area contributed by atoms with E-state index in [4.69, 9.17) is 5.73 Å². The van der Waals surface area contributed by atoms with Crippen molar-refractivity contribution in [3.63, 3.8) is 0 Å². The SMILES string of the molecule is NCCSNC=O. The predicted octanol–water partition coefficient (Wildman–Crippen LogP) is -0.661. The molecule has 1 amide bonds. The summed E-state index contributed by atoms with van der Waals surface area (Å²) in [7, 11) is 0. The van der Waals surface area contributed by atoms with Gasteiger partial charge in [0.25, 0.3) is 0 Å². The molecule has 0 aliphatic rings. The highest BCUT2D eigenvalue weighted by Gasteiger charge is 1.77. The van der Waals surface area contributed by atoms with Crippen LogP contribution in [0.1, 0.15) is 0 Å². The second-order valence-corrected chi connectivity index (χ2v) is 1.81. The second-order valence-electron chi connectivity index (χ2n) is 0.873. The summed E-state index contributed by atoms with van der Waals surface area (Å²) in [6.07, 6.45) is 0.639. The lowest BCUT2D eigenvalue weighted by Gasteiger charge is -1.90. The Morgan fingerprint density at radius 1 is 1.86 bits per heavy atom. The van der Waals surface area contributed by atoms with Gasteiger partial charge in [0.05, 0.1) is 0 Å². The van der Waals surface area contributed by atoms with Gasteiger partial charge in [0, 0.05) is 12.3 Å². The maximum atomic E-state index is 9.51. The second kappa shape index (κ2) is 5.78. The molecule has 0 saturated heterocycles. The van der Waals surface area contributed by atoms with E-state index in [1.807, 2.05) is 0 Å². The number of nitrogens with one attached hydrogen (secondary N) is 1. The van der Waals surface area contributed by atoms with Gasteiger partial charge in [0.15, 0.2) is 0 Å². The van der Waals surface area contributed by atoms with Gasteiger partial charge in [-0.2, -0.15) is 0 Å². The van der Waals surface area contributed by atoms with Crippen LogP contribution in [0.5, 0.6) is 0 Å². The summed E-state index contributed by atoms with van der Waals surface area (Å²) in [5, 5.41) is 0. The molecule has 0 aromatic heterocycles. The molecule has 0 saturated carbocycles. The Morgan fingerprint density at radius 3 is 3.00 bits per heavy atom. The van der Waals surface area contributed by atoms with Crippen LogP contribution in [-0.2, 0) is 4.79 Å². The van der Waals surface area contributed by atoms with Gasteiger partial charge in [-0.05, 0) is 11.9 Å². The van der Waals surface area contributed by atoms with E-state index in [0.29, 0.717) is 13.0 Å². The molecule has 0 bridgehead atoms. The Balaban J connectivity index is 2.56. The molecule has 0 rings (SSSR count). The van der Waals surface area contributed by atoms with Gasteiger partial charge in [0.1, 0.15) is 0 Å². The van der Waals surface area contributed by atoms with E-state index in [-0.39, 0.29) is 0 Å². The number of carbonyl (C=O) groups is 1. The molecule has 0 aliphatic carbocycles. The molecule has 0 atom stereocenters. The molecule has 0 radical (unpaired) electrons. The van der Waals surface area contributed by atoms with Gasteiger partial charge >= 0.3 is 0 Å². The first kappa shape index (κ1) is 6.78. The zero-order valence-corrected chi connectivity index (χ0v) is 4.70. The molecule has 0 heterocycles. The Kier molecular flexibility index (Phi) is 5.60. The van der Waals surface area contributed by atoms with Crippen LogP contribution >= 0.6 is 11.9 Å². The van der Waals surface area contributed by atoms with Crippen molar-refractivity contribution >= 4 is 18.4 Å². The highest BCUT2D eigenvalue weighted by molar-refractivity contribution is 7.97. The van der Waals surface area contributed by atoms with E-state index in [2.05, 4.69) is 4.72 Å². The smallest absolute Gasteiger partial charge is 0.216 e. The first-order chi connectivity index (χ1) is 3.41. The maximum Gasteiger partial charge on any atom is 0.216 e. The van der Waals surface area contributed by atoms with Crippen molar-refractivity contribution in [2.45, 2.75) is 0 Å². The summed E-state index contributed by atoms with van der Waals surface area (Å²) in [6.45, 7) is 0.603. The number of rotatable bonds is 4. The molecule has 42 valence electrons. The number of hydrogen-bond donors (Lipinski definition) is 2. The van der Waals surface area contributed by atoms with Crippen LogP contribution in [-0.4, -0.2) is 18.7 Å². The molecule has 0 spiro atoms. The summed E-state index contributed by atoms with van der Waals surface area (Å²) in [6, 6.07) is 0. The molecule has 7 heavy (non-hydrogen) atoms. The Bertz CT molecular complexity index is 50.2. The zero-order chi connectivity index (χ0) is 5.54. The van der Waals surface area contributed by atoms with Crippen LogP contribution in [0.2, 0.25) is 0 Å². The highest BCUT2D eigenvalue weighted by Crippen LogP contribution is 1.84. The summed E-state index contributed by atoms with van der Waals surface area (Å²) in [4.78, 5) is 9.51. The fourth-order valence-electron chi connectivity index (χ4n) is 0.152. The lowest BCUT2D eigenvalue weighted by atomic mass is 10.8. The largest absolute Gasteiger partial charge is 0.330 e. The van der Waals surface area contributed by atoms with Gasteiger partial charge in [-0.3, -0.25) is 4.79 Å². The van der Waals surface area contributed by atoms with Crippen molar-refractivity contribution < 1.29 is 4.79 Å². The molecule has 0 fully saturated rings. The molecular weight excluding hydrogens is 112 g/mol. The quantitative estimate of drug-likeness (QED) is 0.294. The van der Waals surface area contributed by atoms with Crippen LogP contribution in [0.15, 0.2) is 0 Å². The van der Waals surface area contributed by atoms with Gasteiger partial charge in [0.2, 0.25) is 6.41 Å². The summed E-state index contributed by atoms with van der Waals surface area (Å²) >= 11 is 1.31. The van der Waals surface area contributed by atoms with E-state index in [1.54, 1.807) is 0 Å². The average molecular weight is 120 g/mol. The third-order valence-corrected chi connectivity index (χ3v) is 1.05. The van der Waals surface area contributed by atoms with E-state index in [1.165, 1.54) is 11.9 Å². The monoisotopic (exact) mass is 120 g/mol. The normalized spacial score (nSPS) is 8.14. The average Bonchev–Trinajstić information content (AvgIpc) is 1.69. The van der Waals surface area contributed by atoms with Crippen LogP contribution in [0.4, 0.5) is 0 Å². The summed E-state index contributed by atoms with van der Waals surface area (Å²) in [5.41, 5.74) is 5.09. The molecule has 3 N–H and O–H groups in total. The fraction of sp³-hybridized carbons (Fsp3) is 0.667. The lowest BCUT2D eigenvalue weighted by Crippen LogP contribution is -2.07. The van der Waals surface area contributed by atoms with E-state index in [0.717, 1.165) is 5.75 Å². The Hall–Kier alpha value is -0.220. The van der Waals surface area contributed by atoms with E-state index < -0.39 is 0 Å². The topological polar surface area (TPSA) is 55.1 Å². The van der Waals surface area contributed by atoms with Gasteiger partial charge < -0.3 is 10.5 Å². The first-order valence-electron chi connectivity index (χ1n) is 1.93. The number of carbonyl (C=O) groups excluding carboxylic acids is 1. The van der Waals surface area contributed by atoms with Crippen molar-refractivity contribution in [1.82, 2.24) is 4.72 Å². The molecule has 0 aromatic carbocycles. The molecule has 4 heteroatoms. The number of amides is 1. The van der Waals surface area contributed by atoms with Crippen LogP contribution < -0.4 is 10.5 Å². The minimum absolute atomic E-state index is 0.603. The van der Waals surface area contributed by atoms with Crippen LogP contribution in [0.25, 0.3) is 0 Å².